The molecular weight excluding hydrogens is 306 g/mol. The van der Waals surface area contributed by atoms with Crippen molar-refractivity contribution in [3.63, 3.8) is 0 Å². The summed E-state index contributed by atoms with van der Waals surface area (Å²) in [5.41, 5.74) is 1.96. The number of rotatable bonds is 3. The number of methoxy groups -OCH3 is 1. The molecule has 2 aromatic rings. The third-order valence-corrected chi connectivity index (χ3v) is 4.84. The Morgan fingerprint density at radius 2 is 1.81 bits per heavy atom. The molecule has 5 heteroatoms. The van der Waals surface area contributed by atoms with Gasteiger partial charge < -0.3 is 4.74 Å². The van der Waals surface area contributed by atoms with Gasteiger partial charge in [0.25, 0.3) is 0 Å². The summed E-state index contributed by atoms with van der Waals surface area (Å²) in [6.07, 6.45) is 0. The highest BCUT2D eigenvalue weighted by molar-refractivity contribution is 8.00. The Kier molecular flexibility index (Phi) is 4.08. The van der Waals surface area contributed by atoms with E-state index in [0.717, 1.165) is 17.0 Å². The van der Waals surface area contributed by atoms with Gasteiger partial charge in [0.05, 0.1) is 12.9 Å². The Balaban J connectivity index is 1.93. The number of halogens is 1. The molecule has 108 valence electrons. The van der Waals surface area contributed by atoms with Crippen molar-refractivity contribution in [2.75, 3.05) is 17.8 Å². The first kappa shape index (κ1) is 14.3. The summed E-state index contributed by atoms with van der Waals surface area (Å²) in [6.45, 7) is 0. The Morgan fingerprint density at radius 1 is 1.14 bits per heavy atom. The SMILES string of the molecule is COc1ccc([C@H]2SCC(=O)N2c2ccc(Cl)cc2)cc1. The molecule has 0 spiro atoms. The number of amides is 1. The molecule has 1 atom stereocenters. The highest BCUT2D eigenvalue weighted by Crippen LogP contribution is 2.42. The molecule has 0 aromatic heterocycles. The van der Waals surface area contributed by atoms with Gasteiger partial charge in [0, 0.05) is 10.7 Å². The predicted octanol–water partition coefficient (Wildman–Crippen LogP) is 4.13. The van der Waals surface area contributed by atoms with Gasteiger partial charge in [-0.15, -0.1) is 11.8 Å². The molecule has 1 heterocycles. The van der Waals surface area contributed by atoms with Gasteiger partial charge in [-0.1, -0.05) is 23.7 Å². The van der Waals surface area contributed by atoms with Crippen molar-refractivity contribution in [1.29, 1.82) is 0 Å². The number of hydrogen-bond acceptors (Lipinski definition) is 3. The van der Waals surface area contributed by atoms with Crippen molar-refractivity contribution < 1.29 is 9.53 Å². The number of carbonyl (C=O) groups excluding carboxylic acids is 1. The van der Waals surface area contributed by atoms with E-state index in [4.69, 9.17) is 16.3 Å². The van der Waals surface area contributed by atoms with Crippen LogP contribution in [0.3, 0.4) is 0 Å². The van der Waals surface area contributed by atoms with Crippen LogP contribution in [-0.2, 0) is 4.79 Å². The van der Waals surface area contributed by atoms with Crippen molar-refractivity contribution >= 4 is 35.0 Å². The molecule has 3 rings (SSSR count). The first-order valence-corrected chi connectivity index (χ1v) is 7.95. The lowest BCUT2D eigenvalue weighted by atomic mass is 10.2. The Morgan fingerprint density at radius 3 is 2.43 bits per heavy atom. The van der Waals surface area contributed by atoms with Crippen molar-refractivity contribution in [2.24, 2.45) is 0 Å². The number of nitrogens with zero attached hydrogens (tertiary/aromatic N) is 1. The van der Waals surface area contributed by atoms with Crippen molar-refractivity contribution in [1.82, 2.24) is 0 Å². The van der Waals surface area contributed by atoms with Gasteiger partial charge in [-0.25, -0.2) is 0 Å². The highest BCUT2D eigenvalue weighted by atomic mass is 35.5. The van der Waals surface area contributed by atoms with Crippen LogP contribution in [0.25, 0.3) is 0 Å². The maximum atomic E-state index is 12.2. The zero-order valence-electron chi connectivity index (χ0n) is 11.5. The number of thioether (sulfide) groups is 1. The van der Waals surface area contributed by atoms with Gasteiger partial charge in [0.15, 0.2) is 0 Å². The summed E-state index contributed by atoms with van der Waals surface area (Å²) in [5.74, 6) is 1.41. The topological polar surface area (TPSA) is 29.5 Å². The van der Waals surface area contributed by atoms with Crippen LogP contribution in [0.2, 0.25) is 5.02 Å². The van der Waals surface area contributed by atoms with Gasteiger partial charge in [-0.05, 0) is 42.0 Å². The van der Waals surface area contributed by atoms with Gasteiger partial charge in [0.1, 0.15) is 11.1 Å². The molecule has 0 unspecified atom stereocenters. The number of carbonyl (C=O) groups is 1. The maximum absolute atomic E-state index is 12.2. The summed E-state index contributed by atoms with van der Waals surface area (Å²) in [6, 6.07) is 15.2. The molecule has 1 fully saturated rings. The largest absolute Gasteiger partial charge is 0.497 e. The first-order chi connectivity index (χ1) is 10.2. The molecule has 1 saturated heterocycles. The average Bonchev–Trinajstić information content (AvgIpc) is 2.90. The maximum Gasteiger partial charge on any atom is 0.238 e. The van der Waals surface area contributed by atoms with E-state index < -0.39 is 0 Å². The quantitative estimate of drug-likeness (QED) is 0.852. The Bertz CT molecular complexity index is 642. The molecule has 0 bridgehead atoms. The highest BCUT2D eigenvalue weighted by Gasteiger charge is 2.33. The van der Waals surface area contributed by atoms with Crippen LogP contribution in [-0.4, -0.2) is 18.8 Å². The van der Waals surface area contributed by atoms with E-state index in [1.165, 1.54) is 0 Å². The molecule has 1 aliphatic heterocycles. The van der Waals surface area contributed by atoms with Gasteiger partial charge in [0.2, 0.25) is 5.91 Å². The predicted molar refractivity (Wildman–Crippen MR) is 87.1 cm³/mol. The zero-order valence-corrected chi connectivity index (χ0v) is 13.0. The van der Waals surface area contributed by atoms with E-state index >= 15 is 0 Å². The lowest BCUT2D eigenvalue weighted by Crippen LogP contribution is -2.27. The van der Waals surface area contributed by atoms with Crippen LogP contribution in [0.15, 0.2) is 48.5 Å². The van der Waals surface area contributed by atoms with Crippen LogP contribution >= 0.6 is 23.4 Å². The van der Waals surface area contributed by atoms with Crippen LogP contribution < -0.4 is 9.64 Å². The minimum Gasteiger partial charge on any atom is -0.497 e. The summed E-state index contributed by atoms with van der Waals surface area (Å²) in [4.78, 5) is 14.0. The fourth-order valence-corrected chi connectivity index (χ4v) is 3.62. The molecule has 0 aliphatic carbocycles. The van der Waals surface area contributed by atoms with Crippen LogP contribution in [0.1, 0.15) is 10.9 Å². The summed E-state index contributed by atoms with van der Waals surface area (Å²) in [5, 5.41) is 0.656. The minimum absolute atomic E-state index is 0.00965. The lowest BCUT2D eigenvalue weighted by Gasteiger charge is -2.24. The Hall–Kier alpha value is -1.65. The summed E-state index contributed by atoms with van der Waals surface area (Å²) >= 11 is 7.55. The second-order valence-electron chi connectivity index (χ2n) is 4.68. The third kappa shape index (κ3) is 2.87. The molecular formula is C16H14ClNO2S. The number of hydrogen-bond donors (Lipinski definition) is 0. The standard InChI is InChI=1S/C16H14ClNO2S/c1-20-14-8-2-11(3-9-14)16-18(15(19)10-21-16)13-6-4-12(17)5-7-13/h2-9,16H,10H2,1H3/t16-/m1/s1. The molecule has 2 aromatic carbocycles. The van der Waals surface area contributed by atoms with E-state index in [9.17, 15) is 4.79 Å². The average molecular weight is 320 g/mol. The fourth-order valence-electron chi connectivity index (χ4n) is 2.32. The number of benzene rings is 2. The van der Waals surface area contributed by atoms with Gasteiger partial charge in [-0.3, -0.25) is 9.69 Å². The van der Waals surface area contributed by atoms with Crippen LogP contribution in [0, 0.1) is 0 Å². The normalized spacial score (nSPS) is 18.1. The summed E-state index contributed by atoms with van der Waals surface area (Å²) in [7, 11) is 1.64. The molecule has 1 amide bonds. The van der Waals surface area contributed by atoms with E-state index in [1.807, 2.05) is 41.3 Å². The third-order valence-electron chi connectivity index (χ3n) is 3.37. The van der Waals surface area contributed by atoms with E-state index in [-0.39, 0.29) is 11.3 Å². The molecule has 0 radical (unpaired) electrons. The van der Waals surface area contributed by atoms with Crippen molar-refractivity contribution in [2.45, 2.75) is 5.37 Å². The smallest absolute Gasteiger partial charge is 0.238 e. The minimum atomic E-state index is -0.00965. The number of anilines is 1. The van der Waals surface area contributed by atoms with Gasteiger partial charge >= 0.3 is 0 Å². The molecule has 3 nitrogen and oxygen atoms in total. The zero-order chi connectivity index (χ0) is 14.8. The number of ether oxygens (including phenoxy) is 1. The van der Waals surface area contributed by atoms with Crippen molar-refractivity contribution in [3.8, 4) is 5.75 Å². The monoisotopic (exact) mass is 319 g/mol. The van der Waals surface area contributed by atoms with Crippen LogP contribution in [0.5, 0.6) is 5.75 Å². The molecule has 1 aliphatic rings. The van der Waals surface area contributed by atoms with Crippen LogP contribution in [0.4, 0.5) is 5.69 Å². The molecule has 0 N–H and O–H groups in total. The second-order valence-corrected chi connectivity index (χ2v) is 6.18. The molecule has 0 saturated carbocycles. The Labute approximate surface area is 132 Å². The van der Waals surface area contributed by atoms with E-state index in [0.29, 0.717) is 10.8 Å². The first-order valence-electron chi connectivity index (χ1n) is 6.52. The summed E-state index contributed by atoms with van der Waals surface area (Å²) < 4.78 is 5.18. The van der Waals surface area contributed by atoms with E-state index in [1.54, 1.807) is 31.0 Å². The van der Waals surface area contributed by atoms with E-state index in [2.05, 4.69) is 0 Å². The van der Waals surface area contributed by atoms with Gasteiger partial charge in [-0.2, -0.15) is 0 Å². The fraction of sp³-hybridized carbons (Fsp3) is 0.188. The van der Waals surface area contributed by atoms with Crippen molar-refractivity contribution in [3.05, 3.63) is 59.1 Å². The molecule has 21 heavy (non-hydrogen) atoms. The second kappa shape index (κ2) is 6.00. The lowest BCUT2D eigenvalue weighted by molar-refractivity contribution is -0.115.